The van der Waals surface area contributed by atoms with E-state index in [0.29, 0.717) is 11.5 Å². The molecule has 1 N–H and O–H groups in total. The predicted molar refractivity (Wildman–Crippen MR) is 104 cm³/mol. The van der Waals surface area contributed by atoms with E-state index in [9.17, 15) is 22.8 Å². The van der Waals surface area contributed by atoms with E-state index in [1.54, 1.807) is 12.1 Å². The van der Waals surface area contributed by atoms with Crippen LogP contribution in [0.3, 0.4) is 0 Å². The van der Waals surface area contributed by atoms with Crippen LogP contribution in [0.5, 0.6) is 5.75 Å². The fourth-order valence-corrected chi connectivity index (χ4v) is 3.74. The fraction of sp³-hybridized carbons (Fsp3) is 0.455. The molecule has 1 fully saturated rings. The van der Waals surface area contributed by atoms with Crippen molar-refractivity contribution in [1.29, 1.82) is 0 Å². The maximum Gasteiger partial charge on any atom is 0.573 e. The molecule has 3 rings (SSSR count). The third-order valence-corrected chi connectivity index (χ3v) is 5.32. The van der Waals surface area contributed by atoms with Gasteiger partial charge in [0.25, 0.3) is 0 Å². The van der Waals surface area contributed by atoms with E-state index in [0.717, 1.165) is 30.9 Å². The molecular formula is C22H28F4O3. The van der Waals surface area contributed by atoms with Gasteiger partial charge in [-0.3, -0.25) is 5.26 Å². The summed E-state index contributed by atoms with van der Waals surface area (Å²) in [5, 5.41) is 9.29. The molecule has 0 radical (unpaired) electrons. The minimum absolute atomic E-state index is 0. The molecule has 1 atom stereocenters. The molecule has 29 heavy (non-hydrogen) atoms. The molecule has 1 saturated carbocycles. The van der Waals surface area contributed by atoms with Gasteiger partial charge in [-0.1, -0.05) is 57.5 Å². The van der Waals surface area contributed by atoms with Crippen LogP contribution in [0, 0.1) is 11.7 Å². The van der Waals surface area contributed by atoms with Gasteiger partial charge in [-0.25, -0.2) is 9.28 Å². The highest BCUT2D eigenvalue weighted by molar-refractivity contribution is 5.37. The lowest BCUT2D eigenvalue weighted by Crippen LogP contribution is -2.18. The van der Waals surface area contributed by atoms with E-state index in [-0.39, 0.29) is 14.4 Å². The summed E-state index contributed by atoms with van der Waals surface area (Å²) in [6.07, 6.45) is -1.35. The molecule has 3 nitrogen and oxygen atoms in total. The Bertz CT molecular complexity index is 788. The lowest BCUT2D eigenvalue weighted by molar-refractivity contribution is -0.275. The van der Waals surface area contributed by atoms with Crippen LogP contribution in [0.4, 0.5) is 17.6 Å². The Labute approximate surface area is 169 Å². The van der Waals surface area contributed by atoms with Crippen LogP contribution in [0.2, 0.25) is 0 Å². The average molecular weight is 416 g/mol. The average Bonchev–Trinajstić information content (AvgIpc) is 2.65. The van der Waals surface area contributed by atoms with Gasteiger partial charge < -0.3 is 4.74 Å². The lowest BCUT2D eigenvalue weighted by atomic mass is 9.79. The summed E-state index contributed by atoms with van der Waals surface area (Å²) in [5.41, 5.74) is 1.94. The van der Waals surface area contributed by atoms with Gasteiger partial charge in [0.05, 0.1) is 0 Å². The molecule has 0 heterocycles. The molecule has 0 amide bonds. The summed E-state index contributed by atoms with van der Waals surface area (Å²) in [5.74, 6) is -0.878. The zero-order valence-corrected chi connectivity index (χ0v) is 15.4. The Morgan fingerprint density at radius 3 is 2.10 bits per heavy atom. The van der Waals surface area contributed by atoms with E-state index < -0.39 is 24.0 Å². The van der Waals surface area contributed by atoms with Gasteiger partial charge in [-0.05, 0) is 53.5 Å². The Morgan fingerprint density at radius 2 is 1.59 bits per heavy atom. The van der Waals surface area contributed by atoms with Gasteiger partial charge in [0.15, 0.2) is 11.6 Å². The highest BCUT2D eigenvalue weighted by atomic mass is 19.4. The van der Waals surface area contributed by atoms with E-state index in [4.69, 9.17) is 0 Å². The second-order valence-corrected chi connectivity index (χ2v) is 7.35. The van der Waals surface area contributed by atoms with Crippen molar-refractivity contribution < 1.29 is 33.9 Å². The van der Waals surface area contributed by atoms with Gasteiger partial charge in [-0.2, -0.15) is 0 Å². The molecule has 1 aliphatic rings. The fourth-order valence-electron chi connectivity index (χ4n) is 3.74. The Balaban J connectivity index is 0.00000225. The van der Waals surface area contributed by atoms with E-state index >= 15 is 0 Å². The highest BCUT2D eigenvalue weighted by Gasteiger charge is 2.32. The molecule has 2 aromatic carbocycles. The quantitative estimate of drug-likeness (QED) is 0.312. The maximum absolute atomic E-state index is 14.0. The summed E-state index contributed by atoms with van der Waals surface area (Å²) < 4.78 is 54.4. The summed E-state index contributed by atoms with van der Waals surface area (Å²) in [6.45, 7) is 2.26. The first-order valence-corrected chi connectivity index (χ1v) is 9.22. The van der Waals surface area contributed by atoms with Crippen molar-refractivity contribution in [2.24, 2.45) is 5.92 Å². The first kappa shape index (κ1) is 23.2. The van der Waals surface area contributed by atoms with Gasteiger partial charge in [0.1, 0.15) is 6.10 Å². The largest absolute Gasteiger partial charge is 0.573 e. The van der Waals surface area contributed by atoms with Crippen LogP contribution >= 0.6 is 0 Å². The molecule has 1 unspecified atom stereocenters. The monoisotopic (exact) mass is 416 g/mol. The van der Waals surface area contributed by atoms with E-state index in [1.165, 1.54) is 24.5 Å². The van der Waals surface area contributed by atoms with E-state index in [2.05, 4.69) is 16.5 Å². The van der Waals surface area contributed by atoms with Crippen LogP contribution in [0.25, 0.3) is 0 Å². The number of ether oxygens (including phenoxy) is 1. The zero-order chi connectivity index (χ0) is 20.3. The maximum atomic E-state index is 14.0. The number of hydrogen-bond donors (Lipinski definition) is 1. The summed E-state index contributed by atoms with van der Waals surface area (Å²) in [6, 6.07) is 10.4. The van der Waals surface area contributed by atoms with Crippen molar-refractivity contribution in [2.45, 2.75) is 58.4 Å². The molecule has 0 saturated heterocycles. The van der Waals surface area contributed by atoms with Crippen molar-refractivity contribution in [1.82, 2.24) is 0 Å². The normalized spacial score (nSPS) is 20.6. The van der Waals surface area contributed by atoms with Gasteiger partial charge in [0, 0.05) is 1.43 Å². The number of benzene rings is 2. The third kappa shape index (κ3) is 5.93. The number of alkyl halides is 3. The van der Waals surface area contributed by atoms with Gasteiger partial charge >= 0.3 is 6.36 Å². The number of hydrogen-bond acceptors (Lipinski definition) is 3. The van der Waals surface area contributed by atoms with Crippen molar-refractivity contribution in [3.63, 3.8) is 0 Å². The van der Waals surface area contributed by atoms with Crippen molar-refractivity contribution in [2.75, 3.05) is 0 Å². The molecular weight excluding hydrogens is 388 g/mol. The smallest absolute Gasteiger partial charge is 0.403 e. The van der Waals surface area contributed by atoms with Crippen LogP contribution in [0.15, 0.2) is 42.5 Å². The standard InChI is InChI=1S/C21H22F4O3.CH4.H2/c1-13-2-4-14(5-3-13)15-6-8-16(9-7-15)20(28-26)17-10-11-19(18(22)12-17)27-21(23,24)25;;/h6-14,20,26H,2-5H2,1H3;1H4;1H. The third-order valence-electron chi connectivity index (χ3n) is 5.32. The molecule has 0 bridgehead atoms. The van der Waals surface area contributed by atoms with Gasteiger partial charge in [0.2, 0.25) is 0 Å². The summed E-state index contributed by atoms with van der Waals surface area (Å²) >= 11 is 0. The topological polar surface area (TPSA) is 38.7 Å². The molecule has 1 aliphatic carbocycles. The lowest BCUT2D eigenvalue weighted by Gasteiger charge is -2.26. The molecule has 0 aromatic heterocycles. The van der Waals surface area contributed by atoms with Crippen LogP contribution in [-0.2, 0) is 4.89 Å². The Hall–Kier alpha value is -2.12. The zero-order valence-electron chi connectivity index (χ0n) is 15.4. The molecule has 2 aromatic rings. The molecule has 0 spiro atoms. The van der Waals surface area contributed by atoms with E-state index in [1.807, 2.05) is 12.1 Å². The van der Waals surface area contributed by atoms with Crippen LogP contribution < -0.4 is 4.74 Å². The minimum Gasteiger partial charge on any atom is -0.403 e. The van der Waals surface area contributed by atoms with Gasteiger partial charge in [-0.15, -0.1) is 13.2 Å². The summed E-state index contributed by atoms with van der Waals surface area (Å²) in [7, 11) is 0. The SMILES string of the molecule is C.CC1CCC(c2ccc(C(OO)c3ccc(OC(F)(F)F)c(F)c3)cc2)CC1.[HH]. The summed E-state index contributed by atoms with van der Waals surface area (Å²) in [4.78, 5) is 4.49. The Kier molecular flexibility index (Phi) is 7.66. The highest BCUT2D eigenvalue weighted by Crippen LogP contribution is 2.37. The predicted octanol–water partition coefficient (Wildman–Crippen LogP) is 7.48. The van der Waals surface area contributed by atoms with Crippen molar-refractivity contribution in [3.8, 4) is 5.75 Å². The first-order valence-electron chi connectivity index (χ1n) is 9.22. The second kappa shape index (κ2) is 9.59. The van der Waals surface area contributed by atoms with Crippen molar-refractivity contribution in [3.05, 3.63) is 65.0 Å². The molecule has 7 heteroatoms. The van der Waals surface area contributed by atoms with Crippen molar-refractivity contribution >= 4 is 0 Å². The molecule has 162 valence electrons. The second-order valence-electron chi connectivity index (χ2n) is 7.35. The minimum atomic E-state index is -4.98. The number of halogens is 4. The van der Waals surface area contributed by atoms with Crippen LogP contribution in [0.1, 0.15) is 70.2 Å². The first-order chi connectivity index (χ1) is 13.3. The Morgan fingerprint density at radius 1 is 1.00 bits per heavy atom. The molecule has 0 aliphatic heterocycles. The number of rotatable bonds is 5. The van der Waals surface area contributed by atoms with Crippen LogP contribution in [-0.4, -0.2) is 11.6 Å².